The van der Waals surface area contributed by atoms with Crippen molar-refractivity contribution in [3.63, 3.8) is 0 Å². The number of aryl methyl sites for hydroxylation is 2. The van der Waals surface area contributed by atoms with Gasteiger partial charge in [-0.25, -0.2) is 8.42 Å². The topological polar surface area (TPSA) is 66.5 Å². The molecule has 162 valence electrons. The summed E-state index contributed by atoms with van der Waals surface area (Å²) in [5.74, 6) is -0.346. The summed E-state index contributed by atoms with van der Waals surface area (Å²) in [6.45, 7) is 5.36. The van der Waals surface area contributed by atoms with Crippen LogP contribution in [0.5, 0.6) is 0 Å². The molecule has 0 aliphatic carbocycles. The molecule has 0 spiro atoms. The van der Waals surface area contributed by atoms with Gasteiger partial charge in [0.25, 0.3) is 0 Å². The van der Waals surface area contributed by atoms with E-state index in [9.17, 15) is 13.2 Å². The Hall–Kier alpha value is -2.96. The average Bonchev–Trinajstić information content (AvgIpc) is 2.76. The van der Waals surface area contributed by atoms with E-state index in [0.29, 0.717) is 5.56 Å². The Morgan fingerprint density at radius 3 is 2.19 bits per heavy atom. The molecule has 0 bridgehead atoms. The third-order valence-corrected chi connectivity index (χ3v) is 7.09. The Bertz CT molecular complexity index is 1130. The summed E-state index contributed by atoms with van der Waals surface area (Å²) in [6.07, 6.45) is 0. The van der Waals surface area contributed by atoms with Crippen molar-refractivity contribution in [2.45, 2.75) is 38.3 Å². The number of carbonyl (C=O) groups is 1. The fraction of sp³-hybridized carbons (Fsp3) is 0.240. The lowest BCUT2D eigenvalue weighted by molar-refractivity contribution is -0.122. The van der Waals surface area contributed by atoms with E-state index in [1.807, 2.05) is 80.6 Å². The first-order chi connectivity index (χ1) is 14.8. The lowest BCUT2D eigenvalue weighted by Crippen LogP contribution is -2.41. The predicted octanol–water partition coefficient (Wildman–Crippen LogP) is 4.37. The Labute approximate surface area is 184 Å². The van der Waals surface area contributed by atoms with Crippen LogP contribution in [0.2, 0.25) is 0 Å². The molecule has 0 radical (unpaired) electrons. The summed E-state index contributed by atoms with van der Waals surface area (Å²) in [5, 5.41) is 2.92. The molecule has 1 atom stereocenters. The number of nitrogens with one attached hydrogen (secondary N) is 1. The van der Waals surface area contributed by atoms with Crippen LogP contribution in [0.4, 0.5) is 0 Å². The van der Waals surface area contributed by atoms with Crippen molar-refractivity contribution in [2.75, 3.05) is 6.54 Å². The van der Waals surface area contributed by atoms with Crippen molar-refractivity contribution in [2.24, 2.45) is 0 Å². The number of benzene rings is 3. The van der Waals surface area contributed by atoms with Crippen molar-refractivity contribution in [1.82, 2.24) is 9.62 Å². The Morgan fingerprint density at radius 2 is 1.55 bits per heavy atom. The molecule has 6 heteroatoms. The molecule has 0 saturated carbocycles. The van der Waals surface area contributed by atoms with Crippen molar-refractivity contribution in [3.8, 4) is 0 Å². The van der Waals surface area contributed by atoms with E-state index < -0.39 is 10.0 Å². The van der Waals surface area contributed by atoms with E-state index in [2.05, 4.69) is 5.32 Å². The first-order valence-electron chi connectivity index (χ1n) is 10.2. The van der Waals surface area contributed by atoms with Crippen LogP contribution in [-0.4, -0.2) is 25.2 Å². The molecule has 0 heterocycles. The number of hydrogen-bond acceptors (Lipinski definition) is 3. The molecule has 5 nitrogen and oxygen atoms in total. The van der Waals surface area contributed by atoms with Crippen LogP contribution >= 0.6 is 0 Å². The van der Waals surface area contributed by atoms with E-state index in [-0.39, 0.29) is 29.9 Å². The van der Waals surface area contributed by atoms with Gasteiger partial charge in [-0.1, -0.05) is 72.8 Å². The SMILES string of the molecule is Cc1ccc(C)c(S(=O)(=O)N(CC(=O)NC(C)c2ccccc2)Cc2ccccc2)c1. The van der Waals surface area contributed by atoms with Gasteiger partial charge < -0.3 is 5.32 Å². The van der Waals surface area contributed by atoms with Crippen molar-refractivity contribution >= 4 is 15.9 Å². The number of hydrogen-bond donors (Lipinski definition) is 1. The lowest BCUT2D eigenvalue weighted by Gasteiger charge is -2.24. The molecule has 0 saturated heterocycles. The van der Waals surface area contributed by atoms with Gasteiger partial charge in [-0.2, -0.15) is 4.31 Å². The fourth-order valence-corrected chi connectivity index (χ4v) is 5.10. The maximum atomic E-state index is 13.5. The van der Waals surface area contributed by atoms with Crippen molar-refractivity contribution in [1.29, 1.82) is 0 Å². The monoisotopic (exact) mass is 436 g/mol. The highest BCUT2D eigenvalue weighted by atomic mass is 32.2. The van der Waals surface area contributed by atoms with Gasteiger partial charge in [0.05, 0.1) is 17.5 Å². The van der Waals surface area contributed by atoms with Crippen LogP contribution in [0.1, 0.15) is 35.2 Å². The van der Waals surface area contributed by atoms with Crippen LogP contribution in [0.15, 0.2) is 83.8 Å². The minimum atomic E-state index is -3.88. The minimum Gasteiger partial charge on any atom is -0.348 e. The highest BCUT2D eigenvalue weighted by Gasteiger charge is 2.28. The van der Waals surface area contributed by atoms with Gasteiger partial charge in [-0.3, -0.25) is 4.79 Å². The zero-order valence-corrected chi connectivity index (χ0v) is 18.9. The summed E-state index contributed by atoms with van der Waals surface area (Å²) >= 11 is 0. The fourth-order valence-electron chi connectivity index (χ4n) is 3.41. The molecular weight excluding hydrogens is 408 g/mol. The van der Waals surface area contributed by atoms with E-state index >= 15 is 0 Å². The van der Waals surface area contributed by atoms with Crippen LogP contribution in [-0.2, 0) is 21.4 Å². The summed E-state index contributed by atoms with van der Waals surface area (Å²) in [5.41, 5.74) is 3.29. The number of carbonyl (C=O) groups excluding carboxylic acids is 1. The third kappa shape index (κ3) is 5.81. The van der Waals surface area contributed by atoms with Gasteiger partial charge >= 0.3 is 0 Å². The largest absolute Gasteiger partial charge is 0.348 e. The molecule has 0 aliphatic rings. The molecule has 3 rings (SSSR count). The van der Waals surface area contributed by atoms with E-state index in [1.54, 1.807) is 19.1 Å². The predicted molar refractivity (Wildman–Crippen MR) is 123 cm³/mol. The van der Waals surface area contributed by atoms with E-state index in [1.165, 1.54) is 4.31 Å². The number of sulfonamides is 1. The van der Waals surface area contributed by atoms with Crippen LogP contribution in [0, 0.1) is 13.8 Å². The van der Waals surface area contributed by atoms with Crippen LogP contribution in [0.3, 0.4) is 0 Å². The van der Waals surface area contributed by atoms with Crippen molar-refractivity contribution in [3.05, 3.63) is 101 Å². The lowest BCUT2D eigenvalue weighted by atomic mass is 10.1. The molecule has 3 aromatic carbocycles. The number of rotatable bonds is 8. The Kier molecular flexibility index (Phi) is 7.25. The summed E-state index contributed by atoms with van der Waals surface area (Å²) < 4.78 is 28.3. The van der Waals surface area contributed by atoms with Gasteiger partial charge in [0.15, 0.2) is 0 Å². The standard InChI is InChI=1S/C25H28N2O3S/c1-19-14-15-20(2)24(16-19)31(29,30)27(17-22-10-6-4-7-11-22)18-25(28)26-21(3)23-12-8-5-9-13-23/h4-16,21H,17-18H2,1-3H3,(H,26,28). The van der Waals surface area contributed by atoms with E-state index in [4.69, 9.17) is 0 Å². The highest BCUT2D eigenvalue weighted by Crippen LogP contribution is 2.23. The van der Waals surface area contributed by atoms with Gasteiger partial charge in [-0.15, -0.1) is 0 Å². The minimum absolute atomic E-state index is 0.115. The second-order valence-corrected chi connectivity index (χ2v) is 9.63. The molecule has 0 aromatic heterocycles. The summed E-state index contributed by atoms with van der Waals surface area (Å²) in [6, 6.07) is 24.0. The maximum Gasteiger partial charge on any atom is 0.244 e. The molecule has 3 aromatic rings. The number of nitrogens with zero attached hydrogens (tertiary/aromatic N) is 1. The van der Waals surface area contributed by atoms with E-state index in [0.717, 1.165) is 16.7 Å². The second-order valence-electron chi connectivity index (χ2n) is 7.73. The van der Waals surface area contributed by atoms with Gasteiger partial charge in [0, 0.05) is 6.54 Å². The normalized spacial score (nSPS) is 12.5. The molecule has 1 N–H and O–H groups in total. The average molecular weight is 437 g/mol. The first-order valence-corrected chi connectivity index (χ1v) is 11.7. The summed E-state index contributed by atoms with van der Waals surface area (Å²) in [7, 11) is -3.88. The highest BCUT2D eigenvalue weighted by molar-refractivity contribution is 7.89. The zero-order chi connectivity index (χ0) is 22.4. The third-order valence-electron chi connectivity index (χ3n) is 5.16. The molecule has 0 fully saturated rings. The van der Waals surface area contributed by atoms with Crippen molar-refractivity contribution < 1.29 is 13.2 Å². The first kappa shape index (κ1) is 22.7. The zero-order valence-electron chi connectivity index (χ0n) is 18.1. The second kappa shape index (κ2) is 9.90. The molecular formula is C25H28N2O3S. The molecule has 31 heavy (non-hydrogen) atoms. The van der Waals surface area contributed by atoms with Crippen LogP contribution < -0.4 is 5.32 Å². The Balaban J connectivity index is 1.87. The smallest absolute Gasteiger partial charge is 0.244 e. The number of amides is 1. The molecule has 1 amide bonds. The molecule has 0 aliphatic heterocycles. The van der Waals surface area contributed by atoms with Gasteiger partial charge in [0.2, 0.25) is 15.9 Å². The van der Waals surface area contributed by atoms with Gasteiger partial charge in [0.1, 0.15) is 0 Å². The summed E-state index contributed by atoms with van der Waals surface area (Å²) in [4.78, 5) is 13.1. The Morgan fingerprint density at radius 1 is 0.935 bits per heavy atom. The van der Waals surface area contributed by atoms with Gasteiger partial charge in [-0.05, 0) is 49.1 Å². The maximum absolute atomic E-state index is 13.5. The quantitative estimate of drug-likeness (QED) is 0.570. The molecule has 1 unspecified atom stereocenters. The van der Waals surface area contributed by atoms with Crippen LogP contribution in [0.25, 0.3) is 0 Å².